The highest BCUT2D eigenvalue weighted by molar-refractivity contribution is 9.10. The molecule has 0 aliphatic carbocycles. The number of nitrogens with one attached hydrogen (secondary N) is 1. The summed E-state index contributed by atoms with van der Waals surface area (Å²) in [6.07, 6.45) is -2.36. The molecule has 2 N–H and O–H groups in total. The maximum absolute atomic E-state index is 13.0. The third-order valence-corrected chi connectivity index (χ3v) is 3.73. The van der Waals surface area contributed by atoms with Gasteiger partial charge in [0.2, 0.25) is 0 Å². The molecule has 1 aliphatic heterocycles. The third-order valence-electron chi connectivity index (χ3n) is 3.30. The van der Waals surface area contributed by atoms with Gasteiger partial charge in [0.15, 0.2) is 0 Å². The first-order valence-corrected chi connectivity index (χ1v) is 6.85. The number of ether oxygens (including phenoxy) is 1. The number of aliphatic hydroxyl groups excluding tert-OH is 1. The van der Waals surface area contributed by atoms with Crippen molar-refractivity contribution < 1.29 is 23.0 Å². The number of alkyl halides is 3. The number of pyridine rings is 1. The second-order valence-corrected chi connectivity index (χ2v) is 5.64. The Morgan fingerprint density at radius 3 is 2.60 bits per heavy atom. The Kier molecular flexibility index (Phi) is 4.55. The van der Waals surface area contributed by atoms with Crippen molar-refractivity contribution >= 4 is 21.7 Å². The average molecular weight is 355 g/mol. The van der Waals surface area contributed by atoms with Crippen LogP contribution in [0, 0.1) is 0 Å². The summed E-state index contributed by atoms with van der Waals surface area (Å²) in [5, 5.41) is 12.3. The Morgan fingerprint density at radius 1 is 1.40 bits per heavy atom. The smallest absolute Gasteiger partial charge is 0.394 e. The van der Waals surface area contributed by atoms with Crippen molar-refractivity contribution in [2.75, 3.05) is 25.1 Å². The highest BCUT2D eigenvalue weighted by Gasteiger charge is 2.38. The number of aliphatic hydroxyl groups is 1. The molecule has 0 saturated carbocycles. The molecule has 1 fully saturated rings. The topological polar surface area (TPSA) is 54.4 Å². The van der Waals surface area contributed by atoms with Crippen molar-refractivity contribution in [3.8, 4) is 0 Å². The second kappa shape index (κ2) is 5.87. The van der Waals surface area contributed by atoms with E-state index < -0.39 is 17.3 Å². The zero-order valence-corrected chi connectivity index (χ0v) is 12.1. The molecule has 0 radical (unpaired) electrons. The quantitative estimate of drug-likeness (QED) is 0.876. The van der Waals surface area contributed by atoms with Crippen LogP contribution in [0.2, 0.25) is 0 Å². The predicted octanol–water partition coefficient (Wildman–Crippen LogP) is 2.82. The summed E-state index contributed by atoms with van der Waals surface area (Å²) >= 11 is 2.98. The first-order chi connectivity index (χ1) is 9.36. The molecule has 1 saturated heterocycles. The van der Waals surface area contributed by atoms with E-state index >= 15 is 0 Å². The number of hydrogen-bond acceptors (Lipinski definition) is 4. The summed E-state index contributed by atoms with van der Waals surface area (Å²) in [4.78, 5) is 3.80. The van der Waals surface area contributed by atoms with Crippen LogP contribution < -0.4 is 5.32 Å². The highest BCUT2D eigenvalue weighted by atomic mass is 79.9. The minimum absolute atomic E-state index is 0.250. The summed E-state index contributed by atoms with van der Waals surface area (Å²) in [6.45, 7) is 0.516. The summed E-state index contributed by atoms with van der Waals surface area (Å²) in [5.74, 6) is -0.267. The predicted molar refractivity (Wildman–Crippen MR) is 70.4 cm³/mol. The van der Waals surface area contributed by atoms with Crippen LogP contribution in [0.5, 0.6) is 0 Å². The van der Waals surface area contributed by atoms with Gasteiger partial charge in [-0.25, -0.2) is 4.98 Å². The average Bonchev–Trinajstić information content (AvgIpc) is 2.41. The molecule has 112 valence electrons. The zero-order chi connectivity index (χ0) is 14.8. The molecule has 1 aromatic heterocycles. The zero-order valence-electron chi connectivity index (χ0n) is 10.5. The molecule has 1 aliphatic rings. The van der Waals surface area contributed by atoms with Gasteiger partial charge in [-0.2, -0.15) is 13.2 Å². The molecule has 20 heavy (non-hydrogen) atoms. The molecule has 0 atom stereocenters. The fourth-order valence-electron chi connectivity index (χ4n) is 2.09. The van der Waals surface area contributed by atoms with Gasteiger partial charge in [-0.05, 0) is 34.8 Å². The maximum Gasteiger partial charge on any atom is 0.419 e. The van der Waals surface area contributed by atoms with Crippen molar-refractivity contribution in [2.45, 2.75) is 24.6 Å². The van der Waals surface area contributed by atoms with Gasteiger partial charge in [-0.15, -0.1) is 0 Å². The Hall–Kier alpha value is -0.860. The van der Waals surface area contributed by atoms with E-state index in [0.717, 1.165) is 6.07 Å². The van der Waals surface area contributed by atoms with Gasteiger partial charge in [-0.1, -0.05) is 0 Å². The summed E-state index contributed by atoms with van der Waals surface area (Å²) in [5.41, 5.74) is -1.68. The molecule has 1 aromatic rings. The minimum atomic E-state index is -4.51. The van der Waals surface area contributed by atoms with Gasteiger partial charge < -0.3 is 15.2 Å². The maximum atomic E-state index is 13.0. The Labute approximate surface area is 122 Å². The van der Waals surface area contributed by atoms with Crippen molar-refractivity contribution in [3.05, 3.63) is 22.3 Å². The van der Waals surface area contributed by atoms with Crippen molar-refractivity contribution in [1.82, 2.24) is 4.98 Å². The van der Waals surface area contributed by atoms with Gasteiger partial charge >= 0.3 is 6.18 Å². The number of anilines is 1. The third kappa shape index (κ3) is 3.42. The van der Waals surface area contributed by atoms with Crippen molar-refractivity contribution in [2.24, 2.45) is 0 Å². The Morgan fingerprint density at radius 2 is 2.05 bits per heavy atom. The lowest BCUT2D eigenvalue weighted by Gasteiger charge is -2.37. The van der Waals surface area contributed by atoms with Gasteiger partial charge in [-0.3, -0.25) is 0 Å². The fraction of sp³-hybridized carbons (Fsp3) is 0.583. The summed E-state index contributed by atoms with van der Waals surface area (Å²) in [7, 11) is 0. The van der Waals surface area contributed by atoms with Gasteiger partial charge in [0.25, 0.3) is 0 Å². The van der Waals surface area contributed by atoms with Gasteiger partial charge in [0.1, 0.15) is 5.82 Å². The van der Waals surface area contributed by atoms with Crippen molar-refractivity contribution in [3.63, 3.8) is 0 Å². The largest absolute Gasteiger partial charge is 0.419 e. The molecule has 0 unspecified atom stereocenters. The molecule has 0 aromatic carbocycles. The first-order valence-electron chi connectivity index (χ1n) is 6.06. The summed E-state index contributed by atoms with van der Waals surface area (Å²) in [6, 6.07) is 0.972. The van der Waals surface area contributed by atoms with Crippen LogP contribution in [-0.2, 0) is 10.9 Å². The van der Waals surface area contributed by atoms with E-state index in [1.807, 2.05) is 0 Å². The number of aromatic nitrogens is 1. The number of nitrogens with zero attached hydrogens (tertiary/aromatic N) is 1. The van der Waals surface area contributed by atoms with Crippen LogP contribution in [0.15, 0.2) is 16.7 Å². The molecular formula is C12H14BrF3N2O2. The van der Waals surface area contributed by atoms with Crippen LogP contribution in [0.1, 0.15) is 18.4 Å². The van der Waals surface area contributed by atoms with E-state index in [1.54, 1.807) is 0 Å². The molecule has 4 nitrogen and oxygen atoms in total. The van der Waals surface area contributed by atoms with Crippen LogP contribution in [0.4, 0.5) is 19.0 Å². The first kappa shape index (κ1) is 15.5. The minimum Gasteiger partial charge on any atom is -0.394 e. The normalized spacial score (nSPS) is 18.9. The van der Waals surface area contributed by atoms with Crippen LogP contribution >= 0.6 is 15.9 Å². The van der Waals surface area contributed by atoms with E-state index in [2.05, 4.69) is 26.2 Å². The molecule has 0 amide bonds. The molecule has 2 heterocycles. The summed E-state index contributed by atoms with van der Waals surface area (Å²) < 4.78 is 44.5. The van der Waals surface area contributed by atoms with E-state index in [0.29, 0.717) is 26.1 Å². The fourth-order valence-corrected chi connectivity index (χ4v) is 2.42. The van der Waals surface area contributed by atoms with Crippen LogP contribution in [0.3, 0.4) is 0 Å². The monoisotopic (exact) mass is 354 g/mol. The lowest BCUT2D eigenvalue weighted by Crippen LogP contribution is -2.47. The molecular weight excluding hydrogens is 341 g/mol. The molecule has 0 bridgehead atoms. The molecule has 8 heteroatoms. The lowest BCUT2D eigenvalue weighted by atomic mass is 9.90. The lowest BCUT2D eigenvalue weighted by molar-refractivity contribution is -0.137. The number of hydrogen-bond donors (Lipinski definition) is 2. The van der Waals surface area contributed by atoms with E-state index in [-0.39, 0.29) is 16.9 Å². The Balaban J connectivity index is 2.32. The number of rotatable bonds is 3. The van der Waals surface area contributed by atoms with Gasteiger partial charge in [0.05, 0.1) is 17.7 Å². The Bertz CT molecular complexity index is 476. The van der Waals surface area contributed by atoms with E-state index in [9.17, 15) is 18.3 Å². The van der Waals surface area contributed by atoms with E-state index in [1.165, 1.54) is 6.20 Å². The SMILES string of the molecule is OCC1(Nc2ncc(Br)cc2C(F)(F)F)CCOCC1. The number of halogens is 4. The molecule has 0 spiro atoms. The van der Waals surface area contributed by atoms with Crippen molar-refractivity contribution in [1.29, 1.82) is 0 Å². The molecule has 2 rings (SSSR count). The highest BCUT2D eigenvalue weighted by Crippen LogP contribution is 2.37. The van der Waals surface area contributed by atoms with Crippen LogP contribution in [0.25, 0.3) is 0 Å². The van der Waals surface area contributed by atoms with Crippen LogP contribution in [-0.4, -0.2) is 35.5 Å². The standard InChI is InChI=1S/C12H14BrF3N2O2/c13-8-5-9(12(14,15)16)10(17-6-8)18-11(7-19)1-3-20-4-2-11/h5-6,19H,1-4,7H2,(H,17,18). The second-order valence-electron chi connectivity index (χ2n) is 4.72. The van der Waals surface area contributed by atoms with E-state index in [4.69, 9.17) is 4.74 Å². The van der Waals surface area contributed by atoms with Gasteiger partial charge in [0, 0.05) is 23.9 Å².